The van der Waals surface area contributed by atoms with Crippen LogP contribution in [0.2, 0.25) is 0 Å². The molecule has 2 atom stereocenters. The van der Waals surface area contributed by atoms with Gasteiger partial charge in [0.1, 0.15) is 19.8 Å². The van der Waals surface area contributed by atoms with Crippen molar-refractivity contribution in [3.05, 3.63) is 36.5 Å². The minimum atomic E-state index is -4.38. The molecule has 0 saturated heterocycles. The van der Waals surface area contributed by atoms with E-state index in [4.69, 9.17) is 18.5 Å². The summed E-state index contributed by atoms with van der Waals surface area (Å²) in [6.45, 7) is 4.34. The lowest BCUT2D eigenvalue weighted by Gasteiger charge is -2.24. The second-order valence-corrected chi connectivity index (χ2v) is 16.5. The van der Waals surface area contributed by atoms with E-state index in [1.54, 1.807) is 0 Å². The first-order chi connectivity index (χ1) is 25.0. The minimum absolute atomic E-state index is 0.0262. The van der Waals surface area contributed by atoms with Gasteiger partial charge in [-0.1, -0.05) is 121 Å². The minimum Gasteiger partial charge on any atom is -0.462 e. The molecule has 0 saturated carbocycles. The average Bonchev–Trinajstić information content (AvgIpc) is 3.09. The molecule has 0 aromatic rings. The van der Waals surface area contributed by atoms with E-state index in [0.29, 0.717) is 23.9 Å². The van der Waals surface area contributed by atoms with Crippen LogP contribution in [-0.4, -0.2) is 74.9 Å². The van der Waals surface area contributed by atoms with Gasteiger partial charge in [0.25, 0.3) is 0 Å². The molecule has 0 radical (unpaired) electrons. The van der Waals surface area contributed by atoms with Crippen molar-refractivity contribution in [1.29, 1.82) is 0 Å². The second kappa shape index (κ2) is 35.0. The number of carbonyl (C=O) groups is 2. The molecule has 0 aromatic carbocycles. The van der Waals surface area contributed by atoms with Gasteiger partial charge >= 0.3 is 19.8 Å². The number of nitrogens with zero attached hydrogens (tertiary/aromatic N) is 1. The molecule has 9 nitrogen and oxygen atoms in total. The molecule has 0 heterocycles. The summed E-state index contributed by atoms with van der Waals surface area (Å²) < 4.78 is 34.2. The number of phosphoric acid groups is 1. The number of hydrogen-bond donors (Lipinski definition) is 1. The molecule has 2 unspecified atom stereocenters. The van der Waals surface area contributed by atoms with Crippen molar-refractivity contribution in [2.75, 3.05) is 47.5 Å². The maximum absolute atomic E-state index is 12.6. The van der Waals surface area contributed by atoms with Gasteiger partial charge in [0.15, 0.2) is 6.10 Å². The third kappa shape index (κ3) is 38.0. The summed E-state index contributed by atoms with van der Waals surface area (Å²) in [6.07, 6.45) is 37.6. The molecule has 1 N–H and O–H groups in total. The van der Waals surface area contributed by atoms with Gasteiger partial charge in [0, 0.05) is 12.8 Å². The highest BCUT2D eigenvalue weighted by atomic mass is 31.2. The van der Waals surface area contributed by atoms with E-state index >= 15 is 0 Å². The average molecular weight is 757 g/mol. The molecule has 0 aliphatic heterocycles. The summed E-state index contributed by atoms with van der Waals surface area (Å²) in [5.74, 6) is -0.835. The lowest BCUT2D eigenvalue weighted by molar-refractivity contribution is -0.870. The lowest BCUT2D eigenvalue weighted by Crippen LogP contribution is -2.37. The second-order valence-electron chi connectivity index (χ2n) is 15.0. The van der Waals surface area contributed by atoms with Crippen molar-refractivity contribution in [3.8, 4) is 0 Å². The number of ether oxygens (including phenoxy) is 2. The molecule has 0 aromatic heterocycles. The molecule has 0 fully saturated rings. The number of hydrogen-bond acceptors (Lipinski definition) is 7. The predicted molar refractivity (Wildman–Crippen MR) is 215 cm³/mol. The maximum Gasteiger partial charge on any atom is 0.472 e. The van der Waals surface area contributed by atoms with Gasteiger partial charge in [-0.3, -0.25) is 18.6 Å². The van der Waals surface area contributed by atoms with Gasteiger partial charge in [-0.15, -0.1) is 0 Å². The van der Waals surface area contributed by atoms with Gasteiger partial charge < -0.3 is 18.9 Å². The Morgan fingerprint density at radius 2 is 1.04 bits per heavy atom. The molecule has 304 valence electrons. The van der Waals surface area contributed by atoms with E-state index in [1.165, 1.54) is 64.2 Å². The zero-order chi connectivity index (χ0) is 38.6. The van der Waals surface area contributed by atoms with Crippen molar-refractivity contribution in [2.24, 2.45) is 0 Å². The molecule has 52 heavy (non-hydrogen) atoms. The van der Waals surface area contributed by atoms with Crippen LogP contribution in [0.15, 0.2) is 36.5 Å². The van der Waals surface area contributed by atoms with Gasteiger partial charge in [0.2, 0.25) is 0 Å². The zero-order valence-electron chi connectivity index (χ0n) is 34.0. The zero-order valence-corrected chi connectivity index (χ0v) is 34.9. The lowest BCUT2D eigenvalue weighted by atomic mass is 10.1. The Morgan fingerprint density at radius 3 is 1.60 bits per heavy atom. The summed E-state index contributed by atoms with van der Waals surface area (Å²) in [6, 6.07) is 0. The molecule has 0 amide bonds. The van der Waals surface area contributed by atoms with Crippen molar-refractivity contribution in [2.45, 2.75) is 174 Å². The quantitative estimate of drug-likeness (QED) is 0.0219. The topological polar surface area (TPSA) is 108 Å². The number of phosphoric ester groups is 1. The molecular formula is C42H79NO8P+. The normalized spacial score (nSPS) is 14.0. The number of carbonyl (C=O) groups excluding carboxylic acids is 2. The van der Waals surface area contributed by atoms with Crippen molar-refractivity contribution < 1.29 is 42.1 Å². The van der Waals surface area contributed by atoms with Crippen LogP contribution in [0.3, 0.4) is 0 Å². The van der Waals surface area contributed by atoms with E-state index < -0.39 is 26.5 Å². The molecule has 0 aliphatic rings. The summed E-state index contributed by atoms with van der Waals surface area (Å²) in [4.78, 5) is 35.2. The Hall–Kier alpha value is -1.77. The number of likely N-dealkylation sites (N-methyl/N-ethyl adjacent to an activating group) is 1. The van der Waals surface area contributed by atoms with Crippen LogP contribution < -0.4 is 0 Å². The van der Waals surface area contributed by atoms with Crippen molar-refractivity contribution >= 4 is 19.8 Å². The fourth-order valence-electron chi connectivity index (χ4n) is 5.33. The molecule has 0 bridgehead atoms. The van der Waals surface area contributed by atoms with Crippen LogP contribution >= 0.6 is 7.82 Å². The Kier molecular flexibility index (Phi) is 33.8. The standard InChI is InChI=1S/C42H78NO8P/c1-6-8-10-12-14-16-18-20-21-23-25-27-29-31-33-35-42(45)51-40(39-50-52(46,47)49-37-36-43(3,4)5)38-48-41(44)34-32-30-28-26-24-22-19-17-15-13-11-9-7-2/h14,16,20-22,24,40H,6-13,15,17-19,23,25-39H2,1-5H3/p+1/b16-14-,21-20-,24-22-. The molecule has 0 spiro atoms. The monoisotopic (exact) mass is 757 g/mol. The first-order valence-electron chi connectivity index (χ1n) is 20.7. The largest absolute Gasteiger partial charge is 0.472 e. The van der Waals surface area contributed by atoms with Crippen LogP contribution in [0.25, 0.3) is 0 Å². The molecule has 0 rings (SSSR count). The molecule has 0 aliphatic carbocycles. The number of unbranched alkanes of at least 4 members (excludes halogenated alkanes) is 17. The highest BCUT2D eigenvalue weighted by Gasteiger charge is 2.27. The summed E-state index contributed by atoms with van der Waals surface area (Å²) in [5, 5.41) is 0. The summed E-state index contributed by atoms with van der Waals surface area (Å²) in [7, 11) is 1.46. The van der Waals surface area contributed by atoms with Crippen molar-refractivity contribution in [1.82, 2.24) is 0 Å². The van der Waals surface area contributed by atoms with Gasteiger partial charge in [-0.25, -0.2) is 4.57 Å². The Morgan fingerprint density at radius 1 is 0.596 bits per heavy atom. The van der Waals surface area contributed by atoms with Crippen LogP contribution in [0.5, 0.6) is 0 Å². The third-order valence-electron chi connectivity index (χ3n) is 8.64. The number of esters is 2. The Bertz CT molecular complexity index is 991. The first kappa shape index (κ1) is 50.2. The van der Waals surface area contributed by atoms with Crippen LogP contribution in [-0.2, 0) is 32.7 Å². The molecular weight excluding hydrogens is 677 g/mol. The summed E-state index contributed by atoms with van der Waals surface area (Å²) >= 11 is 0. The first-order valence-corrected chi connectivity index (χ1v) is 22.2. The highest BCUT2D eigenvalue weighted by Crippen LogP contribution is 2.43. The van der Waals surface area contributed by atoms with Crippen LogP contribution in [0.4, 0.5) is 0 Å². The van der Waals surface area contributed by atoms with E-state index in [9.17, 15) is 19.0 Å². The number of allylic oxidation sites excluding steroid dienone is 6. The Labute approximate surface area is 319 Å². The van der Waals surface area contributed by atoms with Gasteiger partial charge in [0.05, 0.1) is 27.7 Å². The fraction of sp³-hybridized carbons (Fsp3) is 0.810. The highest BCUT2D eigenvalue weighted by molar-refractivity contribution is 7.47. The maximum atomic E-state index is 12.6. The van der Waals surface area contributed by atoms with Crippen molar-refractivity contribution in [3.63, 3.8) is 0 Å². The van der Waals surface area contributed by atoms with E-state index in [0.717, 1.165) is 64.2 Å². The number of quaternary nitrogens is 1. The fourth-order valence-corrected chi connectivity index (χ4v) is 6.07. The predicted octanol–water partition coefficient (Wildman–Crippen LogP) is 11.4. The van der Waals surface area contributed by atoms with Crippen LogP contribution in [0, 0.1) is 0 Å². The van der Waals surface area contributed by atoms with Gasteiger partial charge in [-0.2, -0.15) is 0 Å². The Balaban J connectivity index is 4.45. The van der Waals surface area contributed by atoms with Gasteiger partial charge in [-0.05, 0) is 70.6 Å². The smallest absolute Gasteiger partial charge is 0.462 e. The van der Waals surface area contributed by atoms with Crippen LogP contribution in [0.1, 0.15) is 168 Å². The summed E-state index contributed by atoms with van der Waals surface area (Å²) in [5.41, 5.74) is 0. The van der Waals surface area contributed by atoms with E-state index in [2.05, 4.69) is 50.3 Å². The molecule has 10 heteroatoms. The van der Waals surface area contributed by atoms with E-state index in [1.807, 2.05) is 21.1 Å². The third-order valence-corrected chi connectivity index (χ3v) is 9.63. The SMILES string of the molecule is CCCCC/C=C\C/C=C\CCCCCCCC(=O)OC(COC(=O)CCCCC/C=C\CCCCCCCC)COP(=O)(O)OCC[N+](C)(C)C. The van der Waals surface area contributed by atoms with E-state index in [-0.39, 0.29) is 32.0 Å². The number of rotatable bonds is 37.